The highest BCUT2D eigenvalue weighted by Gasteiger charge is 2.26. The van der Waals surface area contributed by atoms with Gasteiger partial charge < -0.3 is 10.2 Å². The first-order valence-electron chi connectivity index (χ1n) is 8.40. The van der Waals surface area contributed by atoms with Crippen molar-refractivity contribution in [2.24, 2.45) is 0 Å². The number of likely N-dealkylation sites (N-methyl/N-ethyl adjacent to an activating group) is 1. The molecule has 1 atom stereocenters. The van der Waals surface area contributed by atoms with Crippen LogP contribution in [0.2, 0.25) is 0 Å². The summed E-state index contributed by atoms with van der Waals surface area (Å²) in [6.45, 7) is 4.87. The third-order valence-electron chi connectivity index (χ3n) is 4.49. The Morgan fingerprint density at radius 2 is 2.00 bits per heavy atom. The summed E-state index contributed by atoms with van der Waals surface area (Å²) in [5, 5.41) is 3.11. The number of anilines is 1. The normalized spacial score (nSPS) is 19.0. The minimum absolute atomic E-state index is 0.0786. The molecule has 0 saturated carbocycles. The third-order valence-corrected chi connectivity index (χ3v) is 4.49. The van der Waals surface area contributed by atoms with Crippen LogP contribution in [-0.2, 0) is 11.2 Å². The number of amides is 1. The van der Waals surface area contributed by atoms with Gasteiger partial charge in [-0.15, -0.1) is 0 Å². The summed E-state index contributed by atoms with van der Waals surface area (Å²) in [4.78, 5) is 16.7. The summed E-state index contributed by atoms with van der Waals surface area (Å²) in [6, 6.07) is 8.60. The van der Waals surface area contributed by atoms with Crippen molar-refractivity contribution >= 4 is 11.6 Å². The van der Waals surface area contributed by atoms with E-state index in [0.29, 0.717) is 6.54 Å². The highest BCUT2D eigenvalue weighted by atomic mass is 16.2. The molecule has 1 aromatic rings. The molecule has 2 rings (SSSR count). The molecule has 0 bridgehead atoms. The number of likely N-dealkylation sites (tertiary alicyclic amines) is 1. The summed E-state index contributed by atoms with van der Waals surface area (Å²) in [6.07, 6.45) is 4.27. The third kappa shape index (κ3) is 4.47. The van der Waals surface area contributed by atoms with E-state index in [-0.39, 0.29) is 11.9 Å². The van der Waals surface area contributed by atoms with E-state index in [9.17, 15) is 4.79 Å². The Morgan fingerprint density at radius 1 is 1.27 bits per heavy atom. The SMILES string of the molecule is CCN1CCCC[C@H]1C(=O)NCCc1ccc(N(C)C)cc1. The Bertz CT molecular complexity index is 470. The van der Waals surface area contributed by atoms with Crippen LogP contribution in [0.25, 0.3) is 0 Å². The highest BCUT2D eigenvalue weighted by molar-refractivity contribution is 5.81. The lowest BCUT2D eigenvalue weighted by atomic mass is 10.0. The second-order valence-electron chi connectivity index (χ2n) is 6.24. The number of rotatable bonds is 6. The lowest BCUT2D eigenvalue weighted by molar-refractivity contribution is -0.127. The molecule has 1 saturated heterocycles. The highest BCUT2D eigenvalue weighted by Crippen LogP contribution is 2.16. The first kappa shape index (κ1) is 16.8. The first-order valence-corrected chi connectivity index (χ1v) is 8.40. The monoisotopic (exact) mass is 303 g/mol. The van der Waals surface area contributed by atoms with Crippen molar-refractivity contribution in [1.29, 1.82) is 0 Å². The molecule has 1 fully saturated rings. The molecule has 0 spiro atoms. The number of hydrogen-bond donors (Lipinski definition) is 1. The van der Waals surface area contributed by atoms with E-state index < -0.39 is 0 Å². The number of nitrogens with zero attached hydrogens (tertiary/aromatic N) is 2. The van der Waals surface area contributed by atoms with Crippen molar-refractivity contribution in [1.82, 2.24) is 10.2 Å². The minimum atomic E-state index is 0.0786. The number of hydrogen-bond acceptors (Lipinski definition) is 3. The fraction of sp³-hybridized carbons (Fsp3) is 0.611. The molecule has 22 heavy (non-hydrogen) atoms. The van der Waals surface area contributed by atoms with Crippen LogP contribution in [0.3, 0.4) is 0 Å². The van der Waals surface area contributed by atoms with Crippen molar-refractivity contribution in [2.45, 2.75) is 38.6 Å². The lowest BCUT2D eigenvalue weighted by Crippen LogP contribution is -2.49. The maximum atomic E-state index is 12.3. The van der Waals surface area contributed by atoms with E-state index in [1.54, 1.807) is 0 Å². The second kappa shape index (κ2) is 8.18. The molecule has 1 heterocycles. The fourth-order valence-corrected chi connectivity index (χ4v) is 3.08. The van der Waals surface area contributed by atoms with E-state index in [1.165, 1.54) is 24.1 Å². The van der Waals surface area contributed by atoms with Crippen LogP contribution in [0.1, 0.15) is 31.7 Å². The molecular formula is C18H29N3O. The van der Waals surface area contributed by atoms with E-state index >= 15 is 0 Å². The molecule has 1 aromatic carbocycles. The Balaban J connectivity index is 1.78. The molecule has 1 N–H and O–H groups in total. The zero-order valence-corrected chi connectivity index (χ0v) is 14.1. The summed E-state index contributed by atoms with van der Waals surface area (Å²) in [7, 11) is 4.08. The molecule has 1 amide bonds. The van der Waals surface area contributed by atoms with Gasteiger partial charge in [0.05, 0.1) is 6.04 Å². The molecule has 1 aliphatic rings. The molecule has 122 valence electrons. The van der Waals surface area contributed by atoms with Gasteiger partial charge in [-0.05, 0) is 50.0 Å². The predicted molar refractivity (Wildman–Crippen MR) is 92.4 cm³/mol. The van der Waals surface area contributed by atoms with E-state index in [1.807, 2.05) is 14.1 Å². The zero-order chi connectivity index (χ0) is 15.9. The van der Waals surface area contributed by atoms with Gasteiger partial charge in [0.25, 0.3) is 0 Å². The van der Waals surface area contributed by atoms with E-state index in [4.69, 9.17) is 0 Å². The zero-order valence-electron chi connectivity index (χ0n) is 14.1. The van der Waals surface area contributed by atoms with Crippen molar-refractivity contribution in [2.75, 3.05) is 38.6 Å². The quantitative estimate of drug-likeness (QED) is 0.876. The van der Waals surface area contributed by atoms with Gasteiger partial charge >= 0.3 is 0 Å². The van der Waals surface area contributed by atoms with Gasteiger partial charge in [0.2, 0.25) is 5.91 Å². The minimum Gasteiger partial charge on any atom is -0.378 e. The smallest absolute Gasteiger partial charge is 0.237 e. The fourth-order valence-electron chi connectivity index (χ4n) is 3.08. The topological polar surface area (TPSA) is 35.6 Å². The molecule has 4 heteroatoms. The van der Waals surface area contributed by atoms with E-state index in [0.717, 1.165) is 25.9 Å². The largest absolute Gasteiger partial charge is 0.378 e. The van der Waals surface area contributed by atoms with Gasteiger partial charge in [0.1, 0.15) is 0 Å². The molecular weight excluding hydrogens is 274 g/mol. The van der Waals surface area contributed by atoms with Crippen molar-refractivity contribution in [3.05, 3.63) is 29.8 Å². The molecule has 0 unspecified atom stereocenters. The van der Waals surface area contributed by atoms with Crippen LogP contribution >= 0.6 is 0 Å². The van der Waals surface area contributed by atoms with Crippen LogP contribution in [0, 0.1) is 0 Å². The second-order valence-corrected chi connectivity index (χ2v) is 6.24. The van der Waals surface area contributed by atoms with Gasteiger partial charge in [-0.1, -0.05) is 25.5 Å². The average Bonchev–Trinajstić information content (AvgIpc) is 2.55. The maximum absolute atomic E-state index is 12.3. The van der Waals surface area contributed by atoms with Gasteiger partial charge in [-0.3, -0.25) is 9.69 Å². The predicted octanol–water partition coefficient (Wildman–Crippen LogP) is 2.29. The summed E-state index contributed by atoms with van der Waals surface area (Å²) >= 11 is 0. The molecule has 0 aromatic heterocycles. The van der Waals surface area contributed by atoms with E-state index in [2.05, 4.69) is 46.3 Å². The lowest BCUT2D eigenvalue weighted by Gasteiger charge is -2.33. The molecule has 4 nitrogen and oxygen atoms in total. The Labute approximate surface area is 134 Å². The van der Waals surface area contributed by atoms with Crippen LogP contribution in [-0.4, -0.2) is 50.6 Å². The Morgan fingerprint density at radius 3 is 2.64 bits per heavy atom. The molecule has 0 radical (unpaired) electrons. The Kier molecular flexibility index (Phi) is 6.25. The number of piperidine rings is 1. The summed E-state index contributed by atoms with van der Waals surface area (Å²) in [5.74, 6) is 0.200. The van der Waals surface area contributed by atoms with Gasteiger partial charge in [0, 0.05) is 26.3 Å². The van der Waals surface area contributed by atoms with Crippen LogP contribution in [0.5, 0.6) is 0 Å². The summed E-state index contributed by atoms with van der Waals surface area (Å²) in [5.41, 5.74) is 2.47. The van der Waals surface area contributed by atoms with Gasteiger partial charge in [-0.2, -0.15) is 0 Å². The number of nitrogens with one attached hydrogen (secondary N) is 1. The standard InChI is InChI=1S/C18H29N3O/c1-4-21-14-6-5-7-17(21)18(22)19-13-12-15-8-10-16(11-9-15)20(2)3/h8-11,17H,4-7,12-14H2,1-3H3,(H,19,22)/t17-/m0/s1. The van der Waals surface area contributed by atoms with Crippen molar-refractivity contribution < 1.29 is 4.79 Å². The van der Waals surface area contributed by atoms with Crippen LogP contribution < -0.4 is 10.2 Å². The maximum Gasteiger partial charge on any atom is 0.237 e. The van der Waals surface area contributed by atoms with Crippen molar-refractivity contribution in [3.8, 4) is 0 Å². The Hall–Kier alpha value is -1.55. The summed E-state index contributed by atoms with van der Waals surface area (Å²) < 4.78 is 0. The van der Waals surface area contributed by atoms with Crippen LogP contribution in [0.15, 0.2) is 24.3 Å². The molecule has 1 aliphatic heterocycles. The average molecular weight is 303 g/mol. The van der Waals surface area contributed by atoms with Gasteiger partial charge in [-0.25, -0.2) is 0 Å². The number of benzene rings is 1. The van der Waals surface area contributed by atoms with Crippen LogP contribution in [0.4, 0.5) is 5.69 Å². The first-order chi connectivity index (χ1) is 10.6. The van der Waals surface area contributed by atoms with Crippen molar-refractivity contribution in [3.63, 3.8) is 0 Å². The number of carbonyl (C=O) groups excluding carboxylic acids is 1. The van der Waals surface area contributed by atoms with Gasteiger partial charge in [0.15, 0.2) is 0 Å². The number of carbonyl (C=O) groups is 1. The molecule has 0 aliphatic carbocycles.